The summed E-state index contributed by atoms with van der Waals surface area (Å²) in [6.07, 6.45) is 4.28. The summed E-state index contributed by atoms with van der Waals surface area (Å²) < 4.78 is 5.76. The maximum atomic E-state index is 10.6. The molecule has 0 saturated heterocycles. The average molecular weight is 275 g/mol. The van der Waals surface area contributed by atoms with E-state index in [0.29, 0.717) is 17.1 Å². The van der Waals surface area contributed by atoms with E-state index in [2.05, 4.69) is 4.98 Å². The van der Waals surface area contributed by atoms with Crippen molar-refractivity contribution >= 4 is 6.29 Å². The van der Waals surface area contributed by atoms with E-state index in [1.165, 1.54) is 0 Å². The van der Waals surface area contributed by atoms with Gasteiger partial charge in [0.05, 0.1) is 6.20 Å². The van der Waals surface area contributed by atoms with Crippen LogP contribution in [0.25, 0.3) is 11.1 Å². The van der Waals surface area contributed by atoms with Gasteiger partial charge >= 0.3 is 0 Å². The lowest BCUT2D eigenvalue weighted by molar-refractivity contribution is 0.112. The van der Waals surface area contributed by atoms with Gasteiger partial charge in [0.25, 0.3) is 0 Å². The molecule has 0 aliphatic rings. The Labute approximate surface area is 122 Å². The summed E-state index contributed by atoms with van der Waals surface area (Å²) in [5.74, 6) is 1.34. The van der Waals surface area contributed by atoms with Crippen molar-refractivity contribution in [1.29, 1.82) is 0 Å². The van der Waals surface area contributed by atoms with Crippen molar-refractivity contribution in [1.82, 2.24) is 4.98 Å². The fraction of sp³-hybridized carbons (Fsp3) is 0. The quantitative estimate of drug-likeness (QED) is 0.664. The molecule has 0 atom stereocenters. The van der Waals surface area contributed by atoms with Gasteiger partial charge in [0, 0.05) is 17.3 Å². The van der Waals surface area contributed by atoms with Crippen LogP contribution in [0.5, 0.6) is 11.5 Å². The van der Waals surface area contributed by atoms with Crippen LogP contribution < -0.4 is 4.74 Å². The van der Waals surface area contributed by atoms with Crippen molar-refractivity contribution in [2.24, 2.45) is 0 Å². The minimum atomic E-state index is 0.624. The average Bonchev–Trinajstić information content (AvgIpc) is 2.57. The van der Waals surface area contributed by atoms with E-state index < -0.39 is 0 Å². The molecule has 0 N–H and O–H groups in total. The summed E-state index contributed by atoms with van der Waals surface area (Å²) in [5, 5.41) is 0. The molecule has 1 aromatic heterocycles. The molecule has 3 rings (SSSR count). The number of nitrogens with zero attached hydrogens (tertiary/aromatic N) is 1. The molecule has 0 fully saturated rings. The van der Waals surface area contributed by atoms with Crippen LogP contribution >= 0.6 is 0 Å². The number of hydrogen-bond donors (Lipinski definition) is 0. The van der Waals surface area contributed by atoms with Crippen molar-refractivity contribution in [2.75, 3.05) is 0 Å². The van der Waals surface area contributed by atoms with Crippen molar-refractivity contribution in [3.63, 3.8) is 0 Å². The van der Waals surface area contributed by atoms with Gasteiger partial charge in [-0.25, -0.2) is 0 Å². The van der Waals surface area contributed by atoms with Crippen LogP contribution in [0.1, 0.15) is 10.4 Å². The van der Waals surface area contributed by atoms with Crippen LogP contribution in [-0.4, -0.2) is 11.3 Å². The molecule has 2 aromatic carbocycles. The molecule has 3 aromatic rings. The maximum Gasteiger partial charge on any atom is 0.150 e. The van der Waals surface area contributed by atoms with Crippen LogP contribution in [-0.2, 0) is 0 Å². The van der Waals surface area contributed by atoms with Crippen LogP contribution in [0.4, 0.5) is 0 Å². The molecular weight excluding hydrogens is 262 g/mol. The Morgan fingerprint density at radius 3 is 2.29 bits per heavy atom. The molecule has 0 saturated carbocycles. The van der Waals surface area contributed by atoms with Crippen molar-refractivity contribution in [2.45, 2.75) is 0 Å². The van der Waals surface area contributed by atoms with Gasteiger partial charge in [0.1, 0.15) is 17.8 Å². The molecule has 3 heteroatoms. The zero-order valence-corrected chi connectivity index (χ0v) is 11.3. The van der Waals surface area contributed by atoms with Gasteiger partial charge in [0.2, 0.25) is 0 Å². The lowest BCUT2D eigenvalue weighted by atomic mass is 10.1. The van der Waals surface area contributed by atoms with Gasteiger partial charge in [-0.2, -0.15) is 0 Å². The Bertz CT molecular complexity index is 737. The number of hydrogen-bond acceptors (Lipinski definition) is 3. The fourth-order valence-corrected chi connectivity index (χ4v) is 2.01. The van der Waals surface area contributed by atoms with Gasteiger partial charge in [-0.3, -0.25) is 9.78 Å². The minimum absolute atomic E-state index is 0.624. The third-order valence-electron chi connectivity index (χ3n) is 3.07. The van der Waals surface area contributed by atoms with Gasteiger partial charge in [0.15, 0.2) is 0 Å². The number of ether oxygens (including phenoxy) is 1. The first-order valence-electron chi connectivity index (χ1n) is 6.59. The summed E-state index contributed by atoms with van der Waals surface area (Å²) in [6, 6.07) is 18.9. The van der Waals surface area contributed by atoms with E-state index in [4.69, 9.17) is 4.74 Å². The first-order chi connectivity index (χ1) is 10.3. The van der Waals surface area contributed by atoms with E-state index in [0.717, 1.165) is 17.4 Å². The first-order valence-corrected chi connectivity index (χ1v) is 6.59. The van der Waals surface area contributed by atoms with Gasteiger partial charge in [-0.1, -0.05) is 30.3 Å². The normalized spacial score (nSPS) is 10.1. The Kier molecular flexibility index (Phi) is 3.74. The third kappa shape index (κ3) is 3.15. The van der Waals surface area contributed by atoms with Gasteiger partial charge < -0.3 is 4.74 Å². The Balaban J connectivity index is 1.84. The number of pyridine rings is 1. The molecule has 0 unspecified atom stereocenters. The highest BCUT2D eigenvalue weighted by Gasteiger charge is 2.02. The molecule has 1 heterocycles. The van der Waals surface area contributed by atoms with E-state index >= 15 is 0 Å². The molecule has 0 aliphatic carbocycles. The molecule has 102 valence electrons. The molecule has 0 bridgehead atoms. The Morgan fingerprint density at radius 2 is 1.57 bits per heavy atom. The van der Waals surface area contributed by atoms with E-state index in [9.17, 15) is 4.79 Å². The molecule has 3 nitrogen and oxygen atoms in total. The smallest absolute Gasteiger partial charge is 0.150 e. The summed E-state index contributed by atoms with van der Waals surface area (Å²) in [7, 11) is 0. The van der Waals surface area contributed by atoms with Crippen LogP contribution in [0.15, 0.2) is 73.1 Å². The number of aldehydes is 1. The highest BCUT2D eigenvalue weighted by molar-refractivity contribution is 5.74. The number of aromatic nitrogens is 1. The molecule has 0 radical (unpaired) electrons. The lowest BCUT2D eigenvalue weighted by Crippen LogP contribution is -1.88. The summed E-state index contributed by atoms with van der Waals surface area (Å²) in [4.78, 5) is 14.8. The van der Waals surface area contributed by atoms with Crippen molar-refractivity contribution in [3.8, 4) is 22.6 Å². The predicted molar refractivity (Wildman–Crippen MR) is 81.6 cm³/mol. The molecule has 21 heavy (non-hydrogen) atoms. The topological polar surface area (TPSA) is 39.2 Å². The molecular formula is C18H13NO2. The first kappa shape index (κ1) is 13.1. The lowest BCUT2D eigenvalue weighted by Gasteiger charge is -2.07. The maximum absolute atomic E-state index is 10.6. The monoisotopic (exact) mass is 275 g/mol. The van der Waals surface area contributed by atoms with Crippen LogP contribution in [0.2, 0.25) is 0 Å². The number of carbonyl (C=O) groups is 1. The van der Waals surface area contributed by atoms with Gasteiger partial charge in [-0.15, -0.1) is 0 Å². The largest absolute Gasteiger partial charge is 0.456 e. The number of carbonyl (C=O) groups excluding carboxylic acids is 1. The standard InChI is InChI=1S/C18H13NO2/c20-13-14-6-8-17(9-7-14)21-18-10-16(11-19-12-18)15-4-2-1-3-5-15/h1-13H. The zero-order valence-electron chi connectivity index (χ0n) is 11.3. The summed E-state index contributed by atoms with van der Waals surface area (Å²) in [6.45, 7) is 0. The predicted octanol–water partition coefficient (Wildman–Crippen LogP) is 4.35. The second kappa shape index (κ2) is 6.01. The van der Waals surface area contributed by atoms with E-state index in [1.807, 2.05) is 36.4 Å². The third-order valence-corrected chi connectivity index (χ3v) is 3.07. The summed E-state index contributed by atoms with van der Waals surface area (Å²) >= 11 is 0. The van der Waals surface area contributed by atoms with Gasteiger partial charge in [-0.05, 0) is 35.9 Å². The highest BCUT2D eigenvalue weighted by Crippen LogP contribution is 2.26. The van der Waals surface area contributed by atoms with E-state index in [1.54, 1.807) is 36.7 Å². The Morgan fingerprint density at radius 1 is 0.810 bits per heavy atom. The van der Waals surface area contributed by atoms with E-state index in [-0.39, 0.29) is 0 Å². The number of benzene rings is 2. The molecule has 0 spiro atoms. The van der Waals surface area contributed by atoms with Crippen molar-refractivity contribution < 1.29 is 9.53 Å². The molecule has 0 aliphatic heterocycles. The zero-order chi connectivity index (χ0) is 14.5. The highest BCUT2D eigenvalue weighted by atomic mass is 16.5. The Hall–Kier alpha value is -2.94. The second-order valence-electron chi connectivity index (χ2n) is 4.56. The summed E-state index contributed by atoms with van der Waals surface area (Å²) in [5.41, 5.74) is 2.71. The van der Waals surface area contributed by atoms with Crippen molar-refractivity contribution in [3.05, 3.63) is 78.6 Å². The van der Waals surface area contributed by atoms with Crippen LogP contribution in [0, 0.1) is 0 Å². The SMILES string of the molecule is O=Cc1ccc(Oc2cncc(-c3ccccc3)c2)cc1. The minimum Gasteiger partial charge on any atom is -0.456 e. The molecule has 0 amide bonds. The second-order valence-corrected chi connectivity index (χ2v) is 4.56. The number of rotatable bonds is 4. The van der Waals surface area contributed by atoms with Crippen LogP contribution in [0.3, 0.4) is 0 Å². The fourth-order valence-electron chi connectivity index (χ4n) is 2.01.